The number of aromatic nitrogens is 3. The Labute approximate surface area is 148 Å². The highest BCUT2D eigenvalue weighted by Crippen LogP contribution is 2.25. The molecule has 3 N–H and O–H groups in total. The Morgan fingerprint density at radius 2 is 2.12 bits per heavy atom. The van der Waals surface area contributed by atoms with Crippen LogP contribution in [0.5, 0.6) is 0 Å². The van der Waals surface area contributed by atoms with E-state index in [1.165, 1.54) is 16.4 Å². The first kappa shape index (κ1) is 16.5. The molecule has 24 heavy (non-hydrogen) atoms. The molecule has 2 aromatic heterocycles. The number of carbonyl (C=O) groups excluding carboxylic acids is 1. The van der Waals surface area contributed by atoms with Crippen LogP contribution in [-0.4, -0.2) is 26.5 Å². The number of anilines is 1. The molecule has 2 heterocycles. The number of nitrogen functional groups attached to an aromatic ring is 1. The number of carbonyl (C=O) groups is 1. The van der Waals surface area contributed by atoms with Crippen molar-refractivity contribution in [2.24, 2.45) is 0 Å². The van der Waals surface area contributed by atoms with Crippen molar-refractivity contribution in [3.63, 3.8) is 0 Å². The standard InChI is InChI=1S/C16H17N5OS2/c1-2-11-6-3-4-7-12(11)18-14(22)10-24-16-20-19-15(21(16)17)13-8-5-9-23-13/h3-9H,2,10,17H2,1H3,(H,18,22). The van der Waals surface area contributed by atoms with Crippen LogP contribution in [0.15, 0.2) is 46.9 Å². The smallest absolute Gasteiger partial charge is 0.234 e. The van der Waals surface area contributed by atoms with Crippen LogP contribution in [0.1, 0.15) is 12.5 Å². The second-order valence-electron chi connectivity index (χ2n) is 5.00. The quantitative estimate of drug-likeness (QED) is 0.522. The molecule has 0 bridgehead atoms. The van der Waals surface area contributed by atoms with Crippen LogP contribution in [-0.2, 0) is 11.2 Å². The molecule has 0 aliphatic carbocycles. The van der Waals surface area contributed by atoms with Crippen LogP contribution in [0.3, 0.4) is 0 Å². The number of nitrogens with one attached hydrogen (secondary N) is 1. The highest BCUT2D eigenvalue weighted by Gasteiger charge is 2.14. The number of hydrogen-bond donors (Lipinski definition) is 2. The molecular formula is C16H17N5OS2. The lowest BCUT2D eigenvalue weighted by Crippen LogP contribution is -2.17. The first-order valence-electron chi connectivity index (χ1n) is 7.44. The van der Waals surface area contributed by atoms with E-state index in [-0.39, 0.29) is 11.7 Å². The Balaban J connectivity index is 1.63. The maximum atomic E-state index is 12.2. The molecule has 0 saturated heterocycles. The topological polar surface area (TPSA) is 85.8 Å². The van der Waals surface area contributed by atoms with Crippen LogP contribution < -0.4 is 11.2 Å². The number of amides is 1. The Bertz CT molecular complexity index is 829. The van der Waals surface area contributed by atoms with Gasteiger partial charge in [0.05, 0.1) is 10.6 Å². The van der Waals surface area contributed by atoms with E-state index in [2.05, 4.69) is 22.4 Å². The maximum absolute atomic E-state index is 12.2. The molecular weight excluding hydrogens is 342 g/mol. The molecule has 3 aromatic rings. The van der Waals surface area contributed by atoms with Crippen LogP contribution in [0.4, 0.5) is 5.69 Å². The average molecular weight is 359 g/mol. The SMILES string of the molecule is CCc1ccccc1NC(=O)CSc1nnc(-c2cccs2)n1N. The van der Waals surface area contributed by atoms with Crippen LogP contribution >= 0.6 is 23.1 Å². The van der Waals surface area contributed by atoms with Crippen molar-refractivity contribution in [2.75, 3.05) is 16.9 Å². The highest BCUT2D eigenvalue weighted by atomic mass is 32.2. The Morgan fingerprint density at radius 1 is 1.29 bits per heavy atom. The van der Waals surface area contributed by atoms with Crippen molar-refractivity contribution in [1.29, 1.82) is 0 Å². The van der Waals surface area contributed by atoms with Crippen molar-refractivity contribution in [2.45, 2.75) is 18.5 Å². The van der Waals surface area contributed by atoms with Crippen LogP contribution in [0.25, 0.3) is 10.7 Å². The van der Waals surface area contributed by atoms with Gasteiger partial charge in [0.1, 0.15) is 0 Å². The summed E-state index contributed by atoms with van der Waals surface area (Å²) in [6.07, 6.45) is 0.866. The molecule has 1 aromatic carbocycles. The number of thiophene rings is 1. The summed E-state index contributed by atoms with van der Waals surface area (Å²) in [6.45, 7) is 2.06. The normalized spacial score (nSPS) is 10.7. The first-order valence-corrected chi connectivity index (χ1v) is 9.30. The van der Waals surface area contributed by atoms with E-state index in [4.69, 9.17) is 5.84 Å². The van der Waals surface area contributed by atoms with E-state index in [0.717, 1.165) is 22.5 Å². The third kappa shape index (κ3) is 3.60. The van der Waals surface area contributed by atoms with Gasteiger partial charge in [-0.15, -0.1) is 21.5 Å². The number of para-hydroxylation sites is 1. The van der Waals surface area contributed by atoms with Gasteiger partial charge in [0.2, 0.25) is 11.1 Å². The number of thioether (sulfide) groups is 1. The van der Waals surface area contributed by atoms with Gasteiger partial charge in [-0.25, -0.2) is 4.68 Å². The third-order valence-electron chi connectivity index (χ3n) is 3.41. The second kappa shape index (κ2) is 7.50. The molecule has 0 spiro atoms. The minimum Gasteiger partial charge on any atom is -0.335 e. The zero-order chi connectivity index (χ0) is 16.9. The van der Waals surface area contributed by atoms with Gasteiger partial charge in [-0.2, -0.15) is 0 Å². The fourth-order valence-corrected chi connectivity index (χ4v) is 3.58. The molecule has 0 unspecified atom stereocenters. The fraction of sp³-hybridized carbons (Fsp3) is 0.188. The van der Waals surface area contributed by atoms with Crippen molar-refractivity contribution >= 4 is 34.7 Å². The average Bonchev–Trinajstić information content (AvgIpc) is 3.23. The summed E-state index contributed by atoms with van der Waals surface area (Å²) < 4.78 is 1.42. The number of benzene rings is 1. The molecule has 124 valence electrons. The number of nitrogens with two attached hydrogens (primary N) is 1. The summed E-state index contributed by atoms with van der Waals surface area (Å²) in [5.41, 5.74) is 1.96. The Hall–Kier alpha value is -2.32. The molecule has 0 aliphatic heterocycles. The third-order valence-corrected chi connectivity index (χ3v) is 5.22. The summed E-state index contributed by atoms with van der Waals surface area (Å²) in [7, 11) is 0. The fourth-order valence-electron chi connectivity index (χ4n) is 2.22. The molecule has 0 saturated carbocycles. The molecule has 3 rings (SSSR count). The maximum Gasteiger partial charge on any atom is 0.234 e. The number of hydrogen-bond acceptors (Lipinski definition) is 6. The van der Waals surface area contributed by atoms with Gasteiger partial charge < -0.3 is 11.2 Å². The number of aryl methyl sites for hydroxylation is 1. The molecule has 8 heteroatoms. The number of rotatable bonds is 6. The predicted molar refractivity (Wildman–Crippen MR) is 98.7 cm³/mol. The van der Waals surface area contributed by atoms with E-state index in [0.29, 0.717) is 11.0 Å². The first-order chi connectivity index (χ1) is 11.7. The van der Waals surface area contributed by atoms with Gasteiger partial charge in [0, 0.05) is 5.69 Å². The Morgan fingerprint density at radius 3 is 2.88 bits per heavy atom. The highest BCUT2D eigenvalue weighted by molar-refractivity contribution is 7.99. The number of nitrogens with zero attached hydrogens (tertiary/aromatic N) is 3. The molecule has 0 atom stereocenters. The lowest BCUT2D eigenvalue weighted by molar-refractivity contribution is -0.113. The van der Waals surface area contributed by atoms with Gasteiger partial charge in [-0.05, 0) is 29.5 Å². The summed E-state index contributed by atoms with van der Waals surface area (Å²) in [4.78, 5) is 13.1. The van der Waals surface area contributed by atoms with Crippen molar-refractivity contribution in [1.82, 2.24) is 14.9 Å². The monoisotopic (exact) mass is 359 g/mol. The minimum absolute atomic E-state index is 0.0958. The van der Waals surface area contributed by atoms with Gasteiger partial charge in [0.25, 0.3) is 0 Å². The van der Waals surface area contributed by atoms with E-state index >= 15 is 0 Å². The molecule has 6 nitrogen and oxygen atoms in total. The van der Waals surface area contributed by atoms with E-state index in [1.807, 2.05) is 41.8 Å². The second-order valence-corrected chi connectivity index (χ2v) is 6.89. The largest absolute Gasteiger partial charge is 0.335 e. The lowest BCUT2D eigenvalue weighted by atomic mass is 10.1. The van der Waals surface area contributed by atoms with Crippen LogP contribution in [0, 0.1) is 0 Å². The van der Waals surface area contributed by atoms with E-state index in [9.17, 15) is 4.79 Å². The summed E-state index contributed by atoms with van der Waals surface area (Å²) in [5.74, 6) is 6.75. The van der Waals surface area contributed by atoms with Crippen molar-refractivity contribution in [3.8, 4) is 10.7 Å². The van der Waals surface area contributed by atoms with Gasteiger partial charge in [0.15, 0.2) is 5.82 Å². The van der Waals surface area contributed by atoms with E-state index in [1.54, 1.807) is 11.3 Å². The molecule has 0 fully saturated rings. The zero-order valence-corrected chi connectivity index (χ0v) is 14.7. The summed E-state index contributed by atoms with van der Waals surface area (Å²) in [5, 5.41) is 13.6. The molecule has 0 aliphatic rings. The van der Waals surface area contributed by atoms with E-state index < -0.39 is 0 Å². The molecule has 1 amide bonds. The lowest BCUT2D eigenvalue weighted by Gasteiger charge is -2.09. The van der Waals surface area contributed by atoms with Gasteiger partial charge in [-0.1, -0.05) is 43.0 Å². The van der Waals surface area contributed by atoms with Gasteiger partial charge >= 0.3 is 0 Å². The minimum atomic E-state index is -0.0958. The Kier molecular flexibility index (Phi) is 5.17. The van der Waals surface area contributed by atoms with Crippen molar-refractivity contribution in [3.05, 3.63) is 47.3 Å². The summed E-state index contributed by atoms with van der Waals surface area (Å²) in [6, 6.07) is 11.6. The summed E-state index contributed by atoms with van der Waals surface area (Å²) >= 11 is 2.80. The van der Waals surface area contributed by atoms with Crippen molar-refractivity contribution < 1.29 is 4.79 Å². The van der Waals surface area contributed by atoms with Crippen LogP contribution in [0.2, 0.25) is 0 Å². The predicted octanol–water partition coefficient (Wildman–Crippen LogP) is 3.01. The zero-order valence-electron chi connectivity index (χ0n) is 13.1. The molecule has 0 radical (unpaired) electrons. The van der Waals surface area contributed by atoms with Gasteiger partial charge in [-0.3, -0.25) is 4.79 Å².